The zero-order chi connectivity index (χ0) is 40.2. The van der Waals surface area contributed by atoms with Gasteiger partial charge >= 0.3 is 11.9 Å². The van der Waals surface area contributed by atoms with Crippen LogP contribution in [0.1, 0.15) is 168 Å². The molecule has 0 saturated carbocycles. The highest BCUT2D eigenvalue weighted by molar-refractivity contribution is 5.70. The Kier molecular flexibility index (Phi) is 33.2. The number of ether oxygens (including phenoxy) is 4. The van der Waals surface area contributed by atoms with E-state index in [1.807, 2.05) is 30.4 Å². The first-order chi connectivity index (χ1) is 26.8. The summed E-state index contributed by atoms with van der Waals surface area (Å²) in [6, 6.07) is 0. The average molecular weight is 779 g/mol. The van der Waals surface area contributed by atoms with Gasteiger partial charge in [0.1, 0.15) is 31.0 Å². The van der Waals surface area contributed by atoms with Crippen LogP contribution >= 0.6 is 0 Å². The Balaban J connectivity index is 2.36. The van der Waals surface area contributed by atoms with E-state index in [1.165, 1.54) is 70.6 Å². The van der Waals surface area contributed by atoms with E-state index < -0.39 is 55.4 Å². The lowest BCUT2D eigenvalue weighted by atomic mass is 9.99. The molecule has 1 aliphatic heterocycles. The van der Waals surface area contributed by atoms with Gasteiger partial charge in [0, 0.05) is 12.8 Å². The fourth-order valence-electron chi connectivity index (χ4n) is 6.37. The van der Waals surface area contributed by atoms with Crippen LogP contribution in [0.15, 0.2) is 48.6 Å². The Morgan fingerprint density at radius 2 is 1.07 bits per heavy atom. The van der Waals surface area contributed by atoms with Crippen molar-refractivity contribution in [2.45, 2.75) is 205 Å². The van der Waals surface area contributed by atoms with Crippen LogP contribution in [-0.4, -0.2) is 89.0 Å². The maximum absolute atomic E-state index is 12.8. The molecule has 0 aromatic heterocycles. The molecule has 318 valence electrons. The van der Waals surface area contributed by atoms with Crippen LogP contribution in [0.4, 0.5) is 0 Å². The molecular formula is C45H78O10. The lowest BCUT2D eigenvalue weighted by molar-refractivity contribution is -0.305. The number of hydrogen-bond acceptors (Lipinski definition) is 10. The van der Waals surface area contributed by atoms with E-state index >= 15 is 0 Å². The lowest BCUT2D eigenvalue weighted by Gasteiger charge is -2.39. The zero-order valence-corrected chi connectivity index (χ0v) is 34.4. The van der Waals surface area contributed by atoms with Crippen molar-refractivity contribution < 1.29 is 49.0 Å². The van der Waals surface area contributed by atoms with E-state index in [2.05, 4.69) is 32.1 Å². The average Bonchev–Trinajstić information content (AvgIpc) is 3.18. The molecule has 0 amide bonds. The lowest BCUT2D eigenvalue weighted by Crippen LogP contribution is -2.59. The number of aliphatic hydroxyl groups is 4. The number of hydrogen-bond donors (Lipinski definition) is 4. The number of allylic oxidation sites excluding steroid dienone is 8. The van der Waals surface area contributed by atoms with Gasteiger partial charge in [0.15, 0.2) is 12.4 Å². The van der Waals surface area contributed by atoms with Gasteiger partial charge in [-0.05, 0) is 32.1 Å². The van der Waals surface area contributed by atoms with Crippen molar-refractivity contribution in [3.63, 3.8) is 0 Å². The molecule has 10 nitrogen and oxygen atoms in total. The molecule has 4 N–H and O–H groups in total. The Labute approximate surface area is 333 Å². The van der Waals surface area contributed by atoms with Crippen LogP contribution in [0.5, 0.6) is 0 Å². The van der Waals surface area contributed by atoms with Crippen LogP contribution in [-0.2, 0) is 28.5 Å². The Hall–Kier alpha value is -2.34. The number of rotatable bonds is 35. The van der Waals surface area contributed by atoms with Crippen LogP contribution in [0.2, 0.25) is 0 Å². The van der Waals surface area contributed by atoms with Crippen molar-refractivity contribution in [1.82, 2.24) is 0 Å². The minimum absolute atomic E-state index is 0.226. The summed E-state index contributed by atoms with van der Waals surface area (Å²) in [6.45, 7) is 3.26. The second kappa shape index (κ2) is 36.0. The summed E-state index contributed by atoms with van der Waals surface area (Å²) in [5.41, 5.74) is 0. The van der Waals surface area contributed by atoms with Gasteiger partial charge in [-0.3, -0.25) is 9.59 Å². The van der Waals surface area contributed by atoms with Gasteiger partial charge in [-0.25, -0.2) is 0 Å². The van der Waals surface area contributed by atoms with Gasteiger partial charge in [0.25, 0.3) is 0 Å². The molecule has 0 spiro atoms. The number of esters is 2. The Morgan fingerprint density at radius 3 is 1.62 bits per heavy atom. The number of unbranched alkanes of at least 4 members (excludes halogenated alkanes) is 19. The molecule has 55 heavy (non-hydrogen) atoms. The molecule has 2 unspecified atom stereocenters. The number of carbonyl (C=O) groups excluding carboxylic acids is 2. The van der Waals surface area contributed by atoms with Crippen molar-refractivity contribution in [2.75, 3.05) is 19.8 Å². The summed E-state index contributed by atoms with van der Waals surface area (Å²) in [6.07, 6.45) is 34.0. The van der Waals surface area contributed by atoms with Gasteiger partial charge in [-0.2, -0.15) is 0 Å². The van der Waals surface area contributed by atoms with Crippen molar-refractivity contribution in [1.29, 1.82) is 0 Å². The Bertz CT molecular complexity index is 1040. The predicted octanol–water partition coefficient (Wildman–Crippen LogP) is 8.88. The number of carbonyl (C=O) groups is 2. The normalized spacial score (nSPS) is 21.0. The predicted molar refractivity (Wildman–Crippen MR) is 219 cm³/mol. The van der Waals surface area contributed by atoms with E-state index in [0.717, 1.165) is 57.8 Å². The molecule has 0 bridgehead atoms. The van der Waals surface area contributed by atoms with Gasteiger partial charge in [-0.15, -0.1) is 0 Å². The van der Waals surface area contributed by atoms with Crippen LogP contribution < -0.4 is 0 Å². The molecule has 1 saturated heterocycles. The molecule has 0 radical (unpaired) electrons. The standard InChI is InChI=1S/C45H78O10/c1-3-5-7-9-11-13-15-17-19-21-23-25-27-29-31-33-40(47)52-36-38(37-53-45-44(51)43(50)42(49)39(35-46)55-45)54-41(48)34-32-30-28-26-24-22-20-18-16-14-12-10-8-6-4-2/h5,7,9,11,13,15,17,19,38-39,42-46,49-51H,3-4,6,8,10,12,14,16,18,20-37H2,1-2H3/b7-5+,11-9+,15-13+,19-17+/t38-,39-,42+,43?,44?,45-/m0/s1. The molecule has 0 aromatic carbocycles. The van der Waals surface area contributed by atoms with E-state index in [9.17, 15) is 30.0 Å². The van der Waals surface area contributed by atoms with Crippen LogP contribution in [0.3, 0.4) is 0 Å². The van der Waals surface area contributed by atoms with Crippen molar-refractivity contribution >= 4 is 11.9 Å². The third-order valence-electron chi connectivity index (χ3n) is 9.82. The monoisotopic (exact) mass is 779 g/mol. The molecule has 6 atom stereocenters. The van der Waals surface area contributed by atoms with Gasteiger partial charge in [0.2, 0.25) is 0 Å². The minimum atomic E-state index is -1.60. The van der Waals surface area contributed by atoms with E-state index in [1.54, 1.807) is 0 Å². The van der Waals surface area contributed by atoms with Gasteiger partial charge in [0.05, 0.1) is 13.2 Å². The van der Waals surface area contributed by atoms with Crippen LogP contribution in [0, 0.1) is 0 Å². The smallest absolute Gasteiger partial charge is 0.306 e. The first kappa shape index (κ1) is 50.7. The molecule has 10 heteroatoms. The topological polar surface area (TPSA) is 152 Å². The second-order valence-electron chi connectivity index (χ2n) is 14.9. The summed E-state index contributed by atoms with van der Waals surface area (Å²) < 4.78 is 22.1. The van der Waals surface area contributed by atoms with Gasteiger partial charge < -0.3 is 39.4 Å². The van der Waals surface area contributed by atoms with E-state index in [-0.39, 0.29) is 26.1 Å². The van der Waals surface area contributed by atoms with E-state index in [4.69, 9.17) is 18.9 Å². The molecule has 1 aliphatic rings. The minimum Gasteiger partial charge on any atom is -0.462 e. The second-order valence-corrected chi connectivity index (χ2v) is 14.9. The van der Waals surface area contributed by atoms with Crippen LogP contribution in [0.25, 0.3) is 0 Å². The third-order valence-corrected chi connectivity index (χ3v) is 9.82. The molecule has 0 aromatic rings. The molecule has 0 aliphatic carbocycles. The summed E-state index contributed by atoms with van der Waals surface area (Å²) in [5, 5.41) is 40.0. The van der Waals surface area contributed by atoms with Crippen molar-refractivity contribution in [3.8, 4) is 0 Å². The Morgan fingerprint density at radius 1 is 0.582 bits per heavy atom. The summed E-state index contributed by atoms with van der Waals surface area (Å²) in [4.78, 5) is 25.3. The largest absolute Gasteiger partial charge is 0.462 e. The first-order valence-corrected chi connectivity index (χ1v) is 21.8. The highest BCUT2D eigenvalue weighted by Crippen LogP contribution is 2.22. The van der Waals surface area contributed by atoms with Gasteiger partial charge in [-0.1, -0.05) is 172 Å². The molecule has 1 fully saturated rings. The molecule has 1 heterocycles. The highest BCUT2D eigenvalue weighted by atomic mass is 16.7. The fourth-order valence-corrected chi connectivity index (χ4v) is 6.37. The zero-order valence-electron chi connectivity index (χ0n) is 34.4. The maximum Gasteiger partial charge on any atom is 0.306 e. The quantitative estimate of drug-likeness (QED) is 0.0279. The first-order valence-electron chi connectivity index (χ1n) is 21.8. The van der Waals surface area contributed by atoms with E-state index in [0.29, 0.717) is 12.8 Å². The SMILES string of the molecule is CC/C=C/C=C/C=C/C=C/CCCCCCCC(=O)OC[C@@H](CO[C@H]1O[C@@H](CO)[C@@H](O)C(O)C1O)OC(=O)CCCCCCCCCCCCCCCCC. The molecule has 1 rings (SSSR count). The summed E-state index contributed by atoms with van der Waals surface area (Å²) >= 11 is 0. The fraction of sp³-hybridized carbons (Fsp3) is 0.778. The molecular weight excluding hydrogens is 700 g/mol. The number of aliphatic hydroxyl groups excluding tert-OH is 4. The third kappa shape index (κ3) is 27.8. The summed E-state index contributed by atoms with van der Waals surface area (Å²) in [7, 11) is 0. The van der Waals surface area contributed by atoms with Crippen molar-refractivity contribution in [3.05, 3.63) is 48.6 Å². The van der Waals surface area contributed by atoms with Crippen molar-refractivity contribution in [2.24, 2.45) is 0 Å². The maximum atomic E-state index is 12.8. The summed E-state index contributed by atoms with van der Waals surface area (Å²) in [5.74, 6) is -0.832. The highest BCUT2D eigenvalue weighted by Gasteiger charge is 2.44.